The van der Waals surface area contributed by atoms with Gasteiger partial charge in [0.1, 0.15) is 18.1 Å². The molecule has 1 aromatic heterocycles. The zero-order valence-corrected chi connectivity index (χ0v) is 17.3. The summed E-state index contributed by atoms with van der Waals surface area (Å²) in [5, 5.41) is 0.824. The minimum atomic E-state index is -0.287. The Morgan fingerprint density at radius 3 is 2.75 bits per heavy atom. The fourth-order valence-electron chi connectivity index (χ4n) is 2.84. The maximum absolute atomic E-state index is 11.8. The highest BCUT2D eigenvalue weighted by atomic mass is 79.9. The SMILES string of the molecule is CCOC(=O)Cc1ccccc1OCc1cc(Br)c2occc2c1OCOC. The predicted octanol–water partition coefficient (Wildman–Crippen LogP) is 4.86. The van der Waals surface area contributed by atoms with Crippen molar-refractivity contribution in [3.8, 4) is 11.5 Å². The lowest BCUT2D eigenvalue weighted by Gasteiger charge is -2.15. The Morgan fingerprint density at radius 1 is 1.14 bits per heavy atom. The molecule has 0 aliphatic carbocycles. The van der Waals surface area contributed by atoms with E-state index in [1.54, 1.807) is 20.3 Å². The average molecular weight is 449 g/mol. The zero-order valence-electron chi connectivity index (χ0n) is 15.7. The molecule has 0 N–H and O–H groups in total. The maximum atomic E-state index is 11.8. The number of fused-ring (bicyclic) bond motifs is 1. The van der Waals surface area contributed by atoms with Crippen molar-refractivity contribution < 1.29 is 28.2 Å². The number of carbonyl (C=O) groups excluding carboxylic acids is 1. The van der Waals surface area contributed by atoms with Crippen LogP contribution in [0.4, 0.5) is 0 Å². The first-order chi connectivity index (χ1) is 13.6. The van der Waals surface area contributed by atoms with Crippen LogP contribution in [0.25, 0.3) is 11.0 Å². The fraction of sp³-hybridized carbons (Fsp3) is 0.286. The number of para-hydroxylation sites is 1. The van der Waals surface area contributed by atoms with Crippen LogP contribution in [0.3, 0.4) is 0 Å². The number of methoxy groups -OCH3 is 1. The highest BCUT2D eigenvalue weighted by Crippen LogP contribution is 2.37. The topological polar surface area (TPSA) is 67.1 Å². The van der Waals surface area contributed by atoms with Crippen LogP contribution in [0, 0.1) is 0 Å². The van der Waals surface area contributed by atoms with E-state index in [1.165, 1.54) is 0 Å². The van der Waals surface area contributed by atoms with E-state index in [0.29, 0.717) is 23.7 Å². The van der Waals surface area contributed by atoms with Crippen LogP contribution in [0.2, 0.25) is 0 Å². The van der Waals surface area contributed by atoms with Crippen LogP contribution < -0.4 is 9.47 Å². The van der Waals surface area contributed by atoms with E-state index in [2.05, 4.69) is 15.9 Å². The Labute approximate surface area is 171 Å². The Morgan fingerprint density at radius 2 is 1.96 bits per heavy atom. The van der Waals surface area contributed by atoms with Crippen molar-refractivity contribution in [3.63, 3.8) is 0 Å². The number of carbonyl (C=O) groups is 1. The summed E-state index contributed by atoms with van der Waals surface area (Å²) in [6.45, 7) is 2.49. The van der Waals surface area contributed by atoms with Crippen LogP contribution >= 0.6 is 15.9 Å². The number of furan rings is 1. The van der Waals surface area contributed by atoms with Gasteiger partial charge in [0.25, 0.3) is 0 Å². The van der Waals surface area contributed by atoms with Crippen LogP contribution in [0.1, 0.15) is 18.1 Å². The summed E-state index contributed by atoms with van der Waals surface area (Å²) in [4.78, 5) is 11.8. The molecule has 1 heterocycles. The normalized spacial score (nSPS) is 10.8. The van der Waals surface area contributed by atoms with E-state index in [1.807, 2.05) is 36.4 Å². The summed E-state index contributed by atoms with van der Waals surface area (Å²) < 4.78 is 28.2. The molecule has 148 valence electrons. The predicted molar refractivity (Wildman–Crippen MR) is 108 cm³/mol. The van der Waals surface area contributed by atoms with Gasteiger partial charge in [-0.3, -0.25) is 4.79 Å². The third-order valence-electron chi connectivity index (χ3n) is 4.04. The van der Waals surface area contributed by atoms with Crippen molar-refractivity contribution in [2.24, 2.45) is 0 Å². The summed E-state index contributed by atoms with van der Waals surface area (Å²) in [6.07, 6.45) is 1.76. The average Bonchev–Trinajstić information content (AvgIpc) is 3.17. The molecular formula is C21H21BrO6. The minimum absolute atomic E-state index is 0.106. The first kappa shape index (κ1) is 20.2. The number of esters is 1. The molecule has 0 saturated carbocycles. The molecular weight excluding hydrogens is 428 g/mol. The number of hydrogen-bond acceptors (Lipinski definition) is 6. The third-order valence-corrected chi connectivity index (χ3v) is 4.63. The fourth-order valence-corrected chi connectivity index (χ4v) is 3.42. The Kier molecular flexibility index (Phi) is 6.95. The smallest absolute Gasteiger partial charge is 0.310 e. The second-order valence-corrected chi connectivity index (χ2v) is 6.79. The monoisotopic (exact) mass is 448 g/mol. The maximum Gasteiger partial charge on any atom is 0.310 e. The van der Waals surface area contributed by atoms with Gasteiger partial charge in [0.2, 0.25) is 0 Å². The summed E-state index contributed by atoms with van der Waals surface area (Å²) in [5.41, 5.74) is 2.28. The molecule has 0 amide bonds. The molecule has 0 spiro atoms. The van der Waals surface area contributed by atoms with Gasteiger partial charge in [-0.25, -0.2) is 0 Å². The van der Waals surface area contributed by atoms with Crippen molar-refractivity contribution in [1.82, 2.24) is 0 Å². The van der Waals surface area contributed by atoms with E-state index in [9.17, 15) is 4.79 Å². The first-order valence-electron chi connectivity index (χ1n) is 8.80. The molecule has 2 aromatic carbocycles. The van der Waals surface area contributed by atoms with Crippen LogP contribution in [-0.2, 0) is 27.3 Å². The van der Waals surface area contributed by atoms with Crippen molar-refractivity contribution in [1.29, 1.82) is 0 Å². The summed E-state index contributed by atoms with van der Waals surface area (Å²) in [5.74, 6) is 0.971. The lowest BCUT2D eigenvalue weighted by atomic mass is 10.1. The van der Waals surface area contributed by atoms with Gasteiger partial charge in [0, 0.05) is 18.2 Å². The molecule has 0 aliphatic rings. The van der Waals surface area contributed by atoms with Crippen molar-refractivity contribution >= 4 is 32.9 Å². The third kappa shape index (κ3) is 4.66. The van der Waals surface area contributed by atoms with Gasteiger partial charge in [0.15, 0.2) is 12.4 Å². The highest BCUT2D eigenvalue weighted by Gasteiger charge is 2.17. The quantitative estimate of drug-likeness (QED) is 0.343. The molecule has 3 aromatic rings. The number of ether oxygens (including phenoxy) is 4. The summed E-state index contributed by atoms with van der Waals surface area (Å²) in [6, 6.07) is 11.1. The molecule has 0 fully saturated rings. The van der Waals surface area contributed by atoms with Gasteiger partial charge in [-0.2, -0.15) is 0 Å². The second kappa shape index (κ2) is 9.61. The Balaban J connectivity index is 1.85. The number of rotatable bonds is 9. The molecule has 6 nitrogen and oxygen atoms in total. The first-order valence-corrected chi connectivity index (χ1v) is 9.60. The van der Waals surface area contributed by atoms with Gasteiger partial charge in [0.05, 0.1) is 29.1 Å². The van der Waals surface area contributed by atoms with E-state index in [-0.39, 0.29) is 25.8 Å². The summed E-state index contributed by atoms with van der Waals surface area (Å²) in [7, 11) is 1.56. The van der Waals surface area contributed by atoms with E-state index in [4.69, 9.17) is 23.4 Å². The van der Waals surface area contributed by atoms with Gasteiger partial charge >= 0.3 is 5.97 Å². The number of benzene rings is 2. The van der Waals surface area contributed by atoms with E-state index < -0.39 is 0 Å². The molecule has 3 rings (SSSR count). The summed E-state index contributed by atoms with van der Waals surface area (Å²) >= 11 is 3.52. The largest absolute Gasteiger partial charge is 0.488 e. The van der Waals surface area contributed by atoms with Crippen molar-refractivity contribution in [2.75, 3.05) is 20.5 Å². The number of hydrogen-bond donors (Lipinski definition) is 0. The lowest BCUT2D eigenvalue weighted by Crippen LogP contribution is -2.09. The second-order valence-electron chi connectivity index (χ2n) is 5.94. The minimum Gasteiger partial charge on any atom is -0.488 e. The van der Waals surface area contributed by atoms with Gasteiger partial charge in [-0.15, -0.1) is 0 Å². The van der Waals surface area contributed by atoms with Gasteiger partial charge < -0.3 is 23.4 Å². The lowest BCUT2D eigenvalue weighted by molar-refractivity contribution is -0.142. The molecule has 0 bridgehead atoms. The molecule has 0 atom stereocenters. The molecule has 0 unspecified atom stereocenters. The molecule has 7 heteroatoms. The van der Waals surface area contributed by atoms with Crippen molar-refractivity contribution in [2.45, 2.75) is 20.0 Å². The van der Waals surface area contributed by atoms with E-state index >= 15 is 0 Å². The molecule has 0 radical (unpaired) electrons. The Bertz CT molecular complexity index is 949. The highest BCUT2D eigenvalue weighted by molar-refractivity contribution is 9.10. The molecule has 28 heavy (non-hydrogen) atoms. The Hall–Kier alpha value is -2.51. The zero-order chi connectivity index (χ0) is 19.9. The van der Waals surface area contributed by atoms with Crippen LogP contribution in [0.5, 0.6) is 11.5 Å². The van der Waals surface area contributed by atoms with Crippen molar-refractivity contribution in [3.05, 3.63) is 58.3 Å². The van der Waals surface area contributed by atoms with E-state index in [0.717, 1.165) is 21.0 Å². The molecule has 0 saturated heterocycles. The molecule has 0 aliphatic heterocycles. The van der Waals surface area contributed by atoms with Gasteiger partial charge in [-0.05, 0) is 41.1 Å². The standard InChI is InChI=1S/C21H21BrO6/c1-3-25-19(23)11-14-6-4-5-7-18(14)27-12-15-10-17(22)21-16(8-9-26-21)20(15)28-13-24-2/h4-10H,3,11-13H2,1-2H3. The number of halogens is 1. The van der Waals surface area contributed by atoms with Crippen LogP contribution in [0.15, 0.2) is 51.6 Å². The van der Waals surface area contributed by atoms with Crippen LogP contribution in [-0.4, -0.2) is 26.5 Å². The van der Waals surface area contributed by atoms with Gasteiger partial charge in [-0.1, -0.05) is 18.2 Å².